The second-order valence-corrected chi connectivity index (χ2v) is 5.24. The van der Waals surface area contributed by atoms with E-state index in [2.05, 4.69) is 5.32 Å². The van der Waals surface area contributed by atoms with Crippen LogP contribution < -0.4 is 5.32 Å². The summed E-state index contributed by atoms with van der Waals surface area (Å²) in [7, 11) is 0. The molecule has 0 radical (unpaired) electrons. The molecule has 0 unspecified atom stereocenters. The maximum absolute atomic E-state index is 11.9. The first-order valence-corrected chi connectivity index (χ1v) is 6.80. The highest BCUT2D eigenvalue weighted by molar-refractivity contribution is 6.50. The van der Waals surface area contributed by atoms with Crippen LogP contribution in [0.1, 0.15) is 27.0 Å². The molecule has 2 aromatic rings. The zero-order chi connectivity index (χ0) is 15.0. The standard InChI is InChI=1S/C18H15NO2/c1-11-7-8-12(2)15(9-11)19-16-10-17(20)18(21)14-6-4-3-5-13(14)16/h3-10,19H,1-2H3. The Hall–Kier alpha value is -2.68. The van der Waals surface area contributed by atoms with Gasteiger partial charge in [-0.05, 0) is 31.0 Å². The summed E-state index contributed by atoms with van der Waals surface area (Å²) in [6.45, 7) is 4.02. The Kier molecular flexibility index (Phi) is 3.18. The molecule has 0 aliphatic heterocycles. The van der Waals surface area contributed by atoms with Crippen LogP contribution in [0, 0.1) is 13.8 Å². The summed E-state index contributed by atoms with van der Waals surface area (Å²) in [6.07, 6.45) is 1.38. The van der Waals surface area contributed by atoms with Crippen molar-refractivity contribution in [2.45, 2.75) is 13.8 Å². The molecule has 0 fully saturated rings. The van der Waals surface area contributed by atoms with Crippen molar-refractivity contribution in [1.29, 1.82) is 0 Å². The molecule has 0 saturated carbocycles. The van der Waals surface area contributed by atoms with Crippen molar-refractivity contribution in [3.63, 3.8) is 0 Å². The van der Waals surface area contributed by atoms with Crippen LogP contribution in [-0.2, 0) is 4.79 Å². The molecule has 0 bridgehead atoms. The van der Waals surface area contributed by atoms with Gasteiger partial charge in [0.2, 0.25) is 11.6 Å². The second kappa shape index (κ2) is 5.02. The lowest BCUT2D eigenvalue weighted by atomic mass is 9.92. The molecule has 3 rings (SSSR count). The van der Waals surface area contributed by atoms with Gasteiger partial charge in [-0.2, -0.15) is 0 Å². The molecule has 21 heavy (non-hydrogen) atoms. The fourth-order valence-corrected chi connectivity index (χ4v) is 2.44. The molecule has 1 N–H and O–H groups in total. The largest absolute Gasteiger partial charge is 0.355 e. The quantitative estimate of drug-likeness (QED) is 0.854. The van der Waals surface area contributed by atoms with Crippen molar-refractivity contribution in [1.82, 2.24) is 0 Å². The molecule has 1 aliphatic rings. The number of allylic oxidation sites excluding steroid dienone is 1. The van der Waals surface area contributed by atoms with Gasteiger partial charge in [0.1, 0.15) is 0 Å². The van der Waals surface area contributed by atoms with Crippen molar-refractivity contribution >= 4 is 23.0 Å². The molecule has 104 valence electrons. The van der Waals surface area contributed by atoms with Crippen molar-refractivity contribution in [2.24, 2.45) is 0 Å². The number of carbonyl (C=O) groups excluding carboxylic acids is 2. The van der Waals surface area contributed by atoms with E-state index in [1.165, 1.54) is 6.08 Å². The lowest BCUT2D eigenvalue weighted by Gasteiger charge is -2.19. The number of fused-ring (bicyclic) bond motifs is 1. The van der Waals surface area contributed by atoms with Crippen LogP contribution in [0.25, 0.3) is 5.70 Å². The zero-order valence-corrected chi connectivity index (χ0v) is 11.9. The number of nitrogens with one attached hydrogen (secondary N) is 1. The summed E-state index contributed by atoms with van der Waals surface area (Å²) >= 11 is 0. The molecule has 0 heterocycles. The Labute approximate surface area is 123 Å². The minimum absolute atomic E-state index is 0.447. The van der Waals surface area contributed by atoms with Crippen LogP contribution in [0.3, 0.4) is 0 Å². The zero-order valence-electron chi connectivity index (χ0n) is 11.9. The number of hydrogen-bond donors (Lipinski definition) is 1. The third kappa shape index (κ3) is 2.38. The van der Waals surface area contributed by atoms with Crippen LogP contribution in [0.2, 0.25) is 0 Å². The van der Waals surface area contributed by atoms with Crippen LogP contribution in [0.5, 0.6) is 0 Å². The van der Waals surface area contributed by atoms with Crippen LogP contribution in [0.15, 0.2) is 48.5 Å². The van der Waals surface area contributed by atoms with Gasteiger partial charge in [0, 0.05) is 22.9 Å². The van der Waals surface area contributed by atoms with Gasteiger partial charge in [0.15, 0.2) is 0 Å². The topological polar surface area (TPSA) is 46.2 Å². The highest BCUT2D eigenvalue weighted by atomic mass is 16.2. The fraction of sp³-hybridized carbons (Fsp3) is 0.111. The molecule has 0 spiro atoms. The maximum atomic E-state index is 11.9. The number of carbonyl (C=O) groups is 2. The number of Topliss-reactive ketones (excluding diaryl/α,β-unsaturated/α-hetero) is 1. The van der Waals surface area contributed by atoms with Gasteiger partial charge in [0.05, 0.1) is 5.70 Å². The third-order valence-electron chi connectivity index (χ3n) is 3.62. The Balaban J connectivity index is 2.06. The Morgan fingerprint density at radius 1 is 0.905 bits per heavy atom. The number of hydrogen-bond acceptors (Lipinski definition) is 3. The summed E-state index contributed by atoms with van der Waals surface area (Å²) in [5.74, 6) is -0.932. The summed E-state index contributed by atoms with van der Waals surface area (Å²) < 4.78 is 0. The van der Waals surface area contributed by atoms with E-state index in [1.807, 2.05) is 44.2 Å². The predicted molar refractivity (Wildman–Crippen MR) is 83.3 cm³/mol. The summed E-state index contributed by atoms with van der Waals surface area (Å²) in [6, 6.07) is 13.3. The number of aryl methyl sites for hydroxylation is 2. The normalized spacial score (nSPS) is 13.7. The molecule has 0 atom stereocenters. The first kappa shape index (κ1) is 13.3. The Morgan fingerprint density at radius 3 is 2.38 bits per heavy atom. The number of ketones is 2. The highest BCUT2D eigenvalue weighted by Crippen LogP contribution is 2.28. The minimum Gasteiger partial charge on any atom is -0.355 e. The molecule has 1 aliphatic carbocycles. The van der Waals surface area contributed by atoms with Crippen molar-refractivity contribution in [3.05, 3.63) is 70.8 Å². The molecule has 3 nitrogen and oxygen atoms in total. The average Bonchev–Trinajstić information content (AvgIpc) is 2.48. The van der Waals surface area contributed by atoms with Gasteiger partial charge >= 0.3 is 0 Å². The van der Waals surface area contributed by atoms with Crippen molar-refractivity contribution in [2.75, 3.05) is 5.32 Å². The predicted octanol–water partition coefficient (Wildman–Crippen LogP) is 3.52. The lowest BCUT2D eigenvalue weighted by Crippen LogP contribution is -2.21. The Bertz CT molecular complexity index is 788. The van der Waals surface area contributed by atoms with E-state index in [1.54, 1.807) is 12.1 Å². The maximum Gasteiger partial charge on any atom is 0.233 e. The van der Waals surface area contributed by atoms with Gasteiger partial charge in [-0.3, -0.25) is 9.59 Å². The van der Waals surface area contributed by atoms with Crippen LogP contribution in [0.4, 0.5) is 5.69 Å². The number of benzene rings is 2. The SMILES string of the molecule is Cc1ccc(C)c(NC2=CC(=O)C(=O)c3ccccc32)c1. The number of anilines is 1. The monoisotopic (exact) mass is 277 g/mol. The summed E-state index contributed by atoms with van der Waals surface area (Å²) in [5.41, 5.74) is 5.06. The van der Waals surface area contributed by atoms with E-state index in [4.69, 9.17) is 0 Å². The fourth-order valence-electron chi connectivity index (χ4n) is 2.44. The third-order valence-corrected chi connectivity index (χ3v) is 3.62. The highest BCUT2D eigenvalue weighted by Gasteiger charge is 2.25. The lowest BCUT2D eigenvalue weighted by molar-refractivity contribution is -0.111. The van der Waals surface area contributed by atoms with Crippen LogP contribution in [-0.4, -0.2) is 11.6 Å². The molecular weight excluding hydrogens is 262 g/mol. The van der Waals surface area contributed by atoms with E-state index < -0.39 is 11.6 Å². The molecular formula is C18H15NO2. The molecule has 0 saturated heterocycles. The summed E-state index contributed by atoms with van der Waals surface area (Å²) in [4.78, 5) is 23.8. The van der Waals surface area contributed by atoms with Crippen molar-refractivity contribution in [3.8, 4) is 0 Å². The van der Waals surface area contributed by atoms with E-state index in [-0.39, 0.29) is 0 Å². The van der Waals surface area contributed by atoms with E-state index in [9.17, 15) is 9.59 Å². The van der Waals surface area contributed by atoms with Crippen molar-refractivity contribution < 1.29 is 9.59 Å². The minimum atomic E-state index is -0.485. The molecule has 0 aromatic heterocycles. The van der Waals surface area contributed by atoms with Crippen LogP contribution >= 0.6 is 0 Å². The average molecular weight is 277 g/mol. The number of rotatable bonds is 2. The smallest absolute Gasteiger partial charge is 0.233 e. The van der Waals surface area contributed by atoms with E-state index in [0.29, 0.717) is 11.3 Å². The molecule has 0 amide bonds. The second-order valence-electron chi connectivity index (χ2n) is 5.24. The summed E-state index contributed by atoms with van der Waals surface area (Å²) in [5, 5.41) is 3.29. The van der Waals surface area contributed by atoms with E-state index in [0.717, 1.165) is 22.4 Å². The van der Waals surface area contributed by atoms with E-state index >= 15 is 0 Å². The molecule has 2 aromatic carbocycles. The molecule has 3 heteroatoms. The van der Waals surface area contributed by atoms with Gasteiger partial charge < -0.3 is 5.32 Å². The van der Waals surface area contributed by atoms with Gasteiger partial charge in [0.25, 0.3) is 0 Å². The van der Waals surface area contributed by atoms with Gasteiger partial charge in [-0.1, -0.05) is 36.4 Å². The van der Waals surface area contributed by atoms with Gasteiger partial charge in [-0.15, -0.1) is 0 Å². The first-order valence-electron chi connectivity index (χ1n) is 6.80. The first-order chi connectivity index (χ1) is 10.1. The van der Waals surface area contributed by atoms with Gasteiger partial charge in [-0.25, -0.2) is 0 Å². The Morgan fingerprint density at radius 2 is 1.62 bits per heavy atom.